The number of carbonyl (C=O) groups excluding carboxylic acids is 2. The summed E-state index contributed by atoms with van der Waals surface area (Å²) >= 11 is 6.11. The van der Waals surface area contributed by atoms with Crippen LogP contribution in [0.4, 0.5) is 0 Å². The first-order chi connectivity index (χ1) is 14.6. The second-order valence-electron chi connectivity index (χ2n) is 8.65. The van der Waals surface area contributed by atoms with Crippen LogP contribution in [-0.4, -0.2) is 35.9 Å². The molecule has 0 saturated heterocycles. The van der Waals surface area contributed by atoms with Gasteiger partial charge >= 0.3 is 0 Å². The Morgan fingerprint density at radius 1 is 1.13 bits per heavy atom. The standard InChI is InChI=1S/C25H33ClN2O3/c1-6-14-27-24(30)18(2)28(16-19-10-9-11-20(26)15-19)23(29)17-31-22-13-8-7-12-21(22)25(3,4)5/h7-13,15,18H,6,14,16-17H2,1-5H3,(H,27,30). The molecule has 31 heavy (non-hydrogen) atoms. The molecule has 0 fully saturated rings. The van der Waals surface area contributed by atoms with E-state index in [9.17, 15) is 9.59 Å². The van der Waals surface area contributed by atoms with Crippen molar-refractivity contribution in [2.45, 2.75) is 59.0 Å². The molecule has 2 aromatic carbocycles. The molecular weight excluding hydrogens is 412 g/mol. The van der Waals surface area contributed by atoms with Crippen molar-refractivity contribution < 1.29 is 14.3 Å². The minimum atomic E-state index is -0.639. The second-order valence-corrected chi connectivity index (χ2v) is 9.09. The topological polar surface area (TPSA) is 58.6 Å². The normalized spacial score (nSPS) is 12.2. The first-order valence-corrected chi connectivity index (χ1v) is 11.0. The van der Waals surface area contributed by atoms with Gasteiger partial charge in [-0.15, -0.1) is 0 Å². The Kier molecular flexibility index (Phi) is 8.93. The van der Waals surface area contributed by atoms with Crippen molar-refractivity contribution in [2.24, 2.45) is 0 Å². The highest BCUT2D eigenvalue weighted by Gasteiger charge is 2.27. The number of para-hydroxylation sites is 1. The van der Waals surface area contributed by atoms with E-state index in [0.29, 0.717) is 17.3 Å². The summed E-state index contributed by atoms with van der Waals surface area (Å²) in [5, 5.41) is 3.45. The van der Waals surface area contributed by atoms with Crippen LogP contribution in [0.15, 0.2) is 48.5 Å². The van der Waals surface area contributed by atoms with Gasteiger partial charge in [-0.1, -0.05) is 69.6 Å². The molecule has 2 amide bonds. The van der Waals surface area contributed by atoms with Crippen LogP contribution in [0.25, 0.3) is 0 Å². The van der Waals surface area contributed by atoms with Crippen molar-refractivity contribution in [1.29, 1.82) is 0 Å². The maximum absolute atomic E-state index is 13.2. The first kappa shape index (κ1) is 24.7. The molecule has 0 aliphatic heterocycles. The zero-order chi connectivity index (χ0) is 23.0. The summed E-state index contributed by atoms with van der Waals surface area (Å²) in [6.45, 7) is 10.7. The Morgan fingerprint density at radius 2 is 1.84 bits per heavy atom. The summed E-state index contributed by atoms with van der Waals surface area (Å²) in [5.41, 5.74) is 1.76. The van der Waals surface area contributed by atoms with Gasteiger partial charge in [0.1, 0.15) is 11.8 Å². The van der Waals surface area contributed by atoms with Gasteiger partial charge in [0.15, 0.2) is 6.61 Å². The van der Waals surface area contributed by atoms with Gasteiger partial charge < -0.3 is 15.0 Å². The van der Waals surface area contributed by atoms with Crippen molar-refractivity contribution in [2.75, 3.05) is 13.2 Å². The largest absolute Gasteiger partial charge is 0.483 e. The Balaban J connectivity index is 2.21. The number of nitrogens with zero attached hydrogens (tertiary/aromatic N) is 1. The van der Waals surface area contributed by atoms with Gasteiger partial charge in [0.25, 0.3) is 5.91 Å². The van der Waals surface area contributed by atoms with E-state index in [-0.39, 0.29) is 30.4 Å². The predicted molar refractivity (Wildman–Crippen MR) is 125 cm³/mol. The van der Waals surface area contributed by atoms with Crippen LogP contribution >= 0.6 is 11.6 Å². The number of hydrogen-bond acceptors (Lipinski definition) is 3. The average molecular weight is 445 g/mol. The second kappa shape index (κ2) is 11.2. The molecule has 1 atom stereocenters. The highest BCUT2D eigenvalue weighted by Crippen LogP contribution is 2.31. The molecular formula is C25H33ClN2O3. The molecule has 0 aliphatic carbocycles. The van der Waals surface area contributed by atoms with Gasteiger partial charge in [0.05, 0.1) is 0 Å². The number of nitrogens with one attached hydrogen (secondary N) is 1. The zero-order valence-electron chi connectivity index (χ0n) is 19.1. The number of amides is 2. The Labute approximate surface area is 190 Å². The van der Waals surface area contributed by atoms with Crippen LogP contribution in [0.3, 0.4) is 0 Å². The Morgan fingerprint density at radius 3 is 2.48 bits per heavy atom. The molecule has 2 aromatic rings. The summed E-state index contributed by atoms with van der Waals surface area (Å²) in [7, 11) is 0. The lowest BCUT2D eigenvalue weighted by Crippen LogP contribution is -2.49. The molecule has 1 unspecified atom stereocenters. The van der Waals surface area contributed by atoms with Crippen LogP contribution < -0.4 is 10.1 Å². The van der Waals surface area contributed by atoms with E-state index in [2.05, 4.69) is 26.1 Å². The molecule has 0 aromatic heterocycles. The fourth-order valence-corrected chi connectivity index (χ4v) is 3.46. The Hall–Kier alpha value is -2.53. The first-order valence-electron chi connectivity index (χ1n) is 10.7. The van der Waals surface area contributed by atoms with Gasteiger partial charge in [-0.3, -0.25) is 9.59 Å². The molecule has 6 heteroatoms. The fraction of sp³-hybridized carbons (Fsp3) is 0.440. The molecule has 168 valence electrons. The van der Waals surface area contributed by atoms with Crippen molar-refractivity contribution in [1.82, 2.24) is 10.2 Å². The van der Waals surface area contributed by atoms with Gasteiger partial charge in [-0.2, -0.15) is 0 Å². The molecule has 0 aliphatic rings. The maximum Gasteiger partial charge on any atom is 0.261 e. The number of ether oxygens (including phenoxy) is 1. The monoisotopic (exact) mass is 444 g/mol. The third kappa shape index (κ3) is 7.28. The molecule has 0 bridgehead atoms. The number of hydrogen-bond donors (Lipinski definition) is 1. The summed E-state index contributed by atoms with van der Waals surface area (Å²) in [5.74, 6) is 0.226. The number of carbonyl (C=O) groups is 2. The molecule has 5 nitrogen and oxygen atoms in total. The number of benzene rings is 2. The van der Waals surface area contributed by atoms with Crippen LogP contribution in [0.2, 0.25) is 5.02 Å². The highest BCUT2D eigenvalue weighted by atomic mass is 35.5. The Bertz CT molecular complexity index is 892. The van der Waals surface area contributed by atoms with E-state index in [1.807, 2.05) is 43.3 Å². The van der Waals surface area contributed by atoms with Crippen LogP contribution in [0.5, 0.6) is 5.75 Å². The van der Waals surface area contributed by atoms with Crippen molar-refractivity contribution in [3.63, 3.8) is 0 Å². The average Bonchev–Trinajstić information content (AvgIpc) is 2.73. The van der Waals surface area contributed by atoms with Gasteiger partial charge in [0, 0.05) is 18.1 Å². The van der Waals surface area contributed by atoms with E-state index in [4.69, 9.17) is 16.3 Å². The fourth-order valence-electron chi connectivity index (χ4n) is 3.25. The van der Waals surface area contributed by atoms with Gasteiger partial charge in [-0.25, -0.2) is 0 Å². The quantitative estimate of drug-likeness (QED) is 0.594. The van der Waals surface area contributed by atoms with E-state index in [0.717, 1.165) is 17.5 Å². The third-order valence-corrected chi connectivity index (χ3v) is 5.24. The van der Waals surface area contributed by atoms with E-state index >= 15 is 0 Å². The lowest BCUT2D eigenvalue weighted by Gasteiger charge is -2.29. The smallest absolute Gasteiger partial charge is 0.261 e. The summed E-state index contributed by atoms with van der Waals surface area (Å²) in [6, 6.07) is 14.4. The SMILES string of the molecule is CCCNC(=O)C(C)N(Cc1cccc(Cl)c1)C(=O)COc1ccccc1C(C)(C)C. The van der Waals surface area contributed by atoms with Crippen molar-refractivity contribution in [3.8, 4) is 5.75 Å². The van der Waals surface area contributed by atoms with E-state index < -0.39 is 6.04 Å². The number of halogens is 1. The molecule has 0 heterocycles. The van der Waals surface area contributed by atoms with Gasteiger partial charge in [0.2, 0.25) is 5.91 Å². The molecule has 0 spiro atoms. The molecule has 0 radical (unpaired) electrons. The van der Waals surface area contributed by atoms with Crippen molar-refractivity contribution in [3.05, 3.63) is 64.7 Å². The molecule has 1 N–H and O–H groups in total. The minimum Gasteiger partial charge on any atom is -0.483 e. The maximum atomic E-state index is 13.2. The van der Waals surface area contributed by atoms with Crippen LogP contribution in [0.1, 0.15) is 52.2 Å². The third-order valence-electron chi connectivity index (χ3n) is 5.00. The summed E-state index contributed by atoms with van der Waals surface area (Å²) in [6.07, 6.45) is 0.827. The van der Waals surface area contributed by atoms with Crippen LogP contribution in [-0.2, 0) is 21.5 Å². The predicted octanol–water partition coefficient (Wildman–Crippen LogP) is 4.96. The lowest BCUT2D eigenvalue weighted by molar-refractivity contribution is -0.142. The lowest BCUT2D eigenvalue weighted by atomic mass is 9.86. The van der Waals surface area contributed by atoms with Crippen LogP contribution in [0, 0.1) is 0 Å². The molecule has 0 saturated carbocycles. The van der Waals surface area contributed by atoms with Gasteiger partial charge in [-0.05, 0) is 48.1 Å². The zero-order valence-corrected chi connectivity index (χ0v) is 19.8. The van der Waals surface area contributed by atoms with Crippen molar-refractivity contribution >= 4 is 23.4 Å². The number of rotatable bonds is 9. The molecule has 2 rings (SSSR count). The van der Waals surface area contributed by atoms with E-state index in [1.54, 1.807) is 19.1 Å². The summed E-state index contributed by atoms with van der Waals surface area (Å²) < 4.78 is 5.93. The minimum absolute atomic E-state index is 0.118. The van der Waals surface area contributed by atoms with E-state index in [1.165, 1.54) is 4.90 Å². The summed E-state index contributed by atoms with van der Waals surface area (Å²) in [4.78, 5) is 27.3. The highest BCUT2D eigenvalue weighted by molar-refractivity contribution is 6.30.